The van der Waals surface area contributed by atoms with E-state index in [4.69, 9.17) is 5.11 Å². The average molecular weight is 263 g/mol. The molecule has 1 N–H and O–H groups in total. The van der Waals surface area contributed by atoms with Gasteiger partial charge in [0.05, 0.1) is 15.2 Å². The minimum atomic E-state index is -0.726. The van der Waals surface area contributed by atoms with Gasteiger partial charge in [0, 0.05) is 12.3 Å². The van der Waals surface area contributed by atoms with Crippen LogP contribution in [-0.4, -0.2) is 16.1 Å². The summed E-state index contributed by atoms with van der Waals surface area (Å²) < 4.78 is 1.20. The normalized spacial score (nSPS) is 11.3. The summed E-state index contributed by atoms with van der Waals surface area (Å²) in [5.74, 6) is -0.270. The standard InChI is InChI=1S/C14H17NO2S/c1-9(2)14-15-11-7-6-10(8-12(11)18-14)4-3-5-13(16)17/h6-9H,3-5H2,1-2H3,(H,16,17). The van der Waals surface area contributed by atoms with Crippen molar-refractivity contribution in [2.24, 2.45) is 0 Å². The zero-order valence-corrected chi connectivity index (χ0v) is 11.5. The Morgan fingerprint density at radius 1 is 1.44 bits per heavy atom. The smallest absolute Gasteiger partial charge is 0.303 e. The summed E-state index contributed by atoms with van der Waals surface area (Å²) in [6, 6.07) is 6.22. The fourth-order valence-corrected chi connectivity index (χ4v) is 2.87. The highest BCUT2D eigenvalue weighted by Gasteiger charge is 2.08. The van der Waals surface area contributed by atoms with Gasteiger partial charge in [-0.3, -0.25) is 4.79 Å². The second-order valence-corrected chi connectivity index (χ2v) is 5.82. The van der Waals surface area contributed by atoms with Crippen molar-refractivity contribution in [3.8, 4) is 0 Å². The fraction of sp³-hybridized carbons (Fsp3) is 0.429. The van der Waals surface area contributed by atoms with Gasteiger partial charge >= 0.3 is 5.97 Å². The summed E-state index contributed by atoms with van der Waals surface area (Å²) in [5.41, 5.74) is 2.24. The van der Waals surface area contributed by atoms with Crippen LogP contribution in [0.15, 0.2) is 18.2 Å². The summed E-state index contributed by atoms with van der Waals surface area (Å²) in [4.78, 5) is 15.1. The van der Waals surface area contributed by atoms with Gasteiger partial charge in [-0.1, -0.05) is 19.9 Å². The van der Waals surface area contributed by atoms with E-state index in [-0.39, 0.29) is 6.42 Å². The summed E-state index contributed by atoms with van der Waals surface area (Å²) in [6.45, 7) is 4.29. The molecular formula is C14H17NO2S. The molecule has 0 aliphatic rings. The van der Waals surface area contributed by atoms with Crippen LogP contribution in [0.5, 0.6) is 0 Å². The number of rotatable bonds is 5. The third-order valence-electron chi connectivity index (χ3n) is 2.82. The molecule has 0 radical (unpaired) electrons. The van der Waals surface area contributed by atoms with Gasteiger partial charge in [-0.2, -0.15) is 0 Å². The van der Waals surface area contributed by atoms with Crippen LogP contribution >= 0.6 is 11.3 Å². The molecule has 3 nitrogen and oxygen atoms in total. The van der Waals surface area contributed by atoms with Crippen LogP contribution in [0.3, 0.4) is 0 Å². The molecule has 0 saturated carbocycles. The van der Waals surface area contributed by atoms with Gasteiger partial charge in [0.25, 0.3) is 0 Å². The highest BCUT2D eigenvalue weighted by molar-refractivity contribution is 7.18. The van der Waals surface area contributed by atoms with Crippen LogP contribution < -0.4 is 0 Å². The predicted molar refractivity (Wildman–Crippen MR) is 74.3 cm³/mol. The maximum atomic E-state index is 10.5. The summed E-state index contributed by atoms with van der Waals surface area (Å²) in [5, 5.41) is 9.78. The minimum Gasteiger partial charge on any atom is -0.481 e. The van der Waals surface area contributed by atoms with Gasteiger partial charge in [0.15, 0.2) is 0 Å². The first-order valence-corrected chi connectivity index (χ1v) is 6.99. The molecule has 0 atom stereocenters. The number of aryl methyl sites for hydroxylation is 1. The molecular weight excluding hydrogens is 246 g/mol. The van der Waals surface area contributed by atoms with E-state index >= 15 is 0 Å². The number of fused-ring (bicyclic) bond motifs is 1. The maximum absolute atomic E-state index is 10.5. The third kappa shape index (κ3) is 3.07. The van der Waals surface area contributed by atoms with Crippen LogP contribution in [0.2, 0.25) is 0 Å². The molecule has 0 fully saturated rings. The van der Waals surface area contributed by atoms with Gasteiger partial charge in [-0.25, -0.2) is 4.98 Å². The van der Waals surface area contributed by atoms with Crippen molar-refractivity contribution in [1.29, 1.82) is 0 Å². The molecule has 0 saturated heterocycles. The first-order chi connectivity index (χ1) is 8.56. The number of hydrogen-bond donors (Lipinski definition) is 1. The lowest BCUT2D eigenvalue weighted by Gasteiger charge is -1.99. The number of carboxylic acids is 1. The van der Waals surface area contributed by atoms with Gasteiger partial charge in [-0.05, 0) is 30.5 Å². The maximum Gasteiger partial charge on any atom is 0.303 e. The van der Waals surface area contributed by atoms with E-state index in [1.54, 1.807) is 11.3 Å². The van der Waals surface area contributed by atoms with Crippen molar-refractivity contribution < 1.29 is 9.90 Å². The molecule has 1 aromatic heterocycles. The average Bonchev–Trinajstić information content (AvgIpc) is 2.71. The van der Waals surface area contributed by atoms with Crippen LogP contribution in [0, 0.1) is 0 Å². The van der Waals surface area contributed by atoms with Gasteiger partial charge in [0.2, 0.25) is 0 Å². The molecule has 4 heteroatoms. The summed E-state index contributed by atoms with van der Waals surface area (Å²) in [7, 11) is 0. The number of nitrogens with zero attached hydrogens (tertiary/aromatic N) is 1. The molecule has 0 aliphatic carbocycles. The van der Waals surface area contributed by atoms with E-state index < -0.39 is 5.97 Å². The third-order valence-corrected chi connectivity index (χ3v) is 4.14. The van der Waals surface area contributed by atoms with Crippen molar-refractivity contribution in [2.45, 2.75) is 39.0 Å². The topological polar surface area (TPSA) is 50.2 Å². The van der Waals surface area contributed by atoms with Crippen LogP contribution in [0.4, 0.5) is 0 Å². The summed E-state index contributed by atoms with van der Waals surface area (Å²) >= 11 is 1.73. The van der Waals surface area contributed by atoms with Crippen LogP contribution in [-0.2, 0) is 11.2 Å². The zero-order chi connectivity index (χ0) is 13.1. The lowest BCUT2D eigenvalue weighted by atomic mass is 10.1. The Balaban J connectivity index is 2.14. The lowest BCUT2D eigenvalue weighted by Crippen LogP contribution is -1.95. The van der Waals surface area contributed by atoms with Crippen molar-refractivity contribution in [1.82, 2.24) is 4.98 Å². The quantitative estimate of drug-likeness (QED) is 0.892. The molecule has 0 aliphatic heterocycles. The molecule has 1 heterocycles. The second kappa shape index (κ2) is 5.48. The number of aliphatic carboxylic acids is 1. The van der Waals surface area contributed by atoms with E-state index in [0.717, 1.165) is 16.9 Å². The van der Waals surface area contributed by atoms with E-state index in [2.05, 4.69) is 24.9 Å². The molecule has 18 heavy (non-hydrogen) atoms. The minimum absolute atomic E-state index is 0.234. The first kappa shape index (κ1) is 13.0. The zero-order valence-electron chi connectivity index (χ0n) is 10.6. The molecule has 96 valence electrons. The lowest BCUT2D eigenvalue weighted by molar-refractivity contribution is -0.137. The monoisotopic (exact) mass is 263 g/mol. The van der Waals surface area contributed by atoms with Crippen molar-refractivity contribution in [3.05, 3.63) is 28.8 Å². The van der Waals surface area contributed by atoms with Crippen molar-refractivity contribution in [2.75, 3.05) is 0 Å². The molecule has 0 bridgehead atoms. The Hall–Kier alpha value is -1.42. The molecule has 0 spiro atoms. The molecule has 0 unspecified atom stereocenters. The number of carbonyl (C=O) groups is 1. The van der Waals surface area contributed by atoms with E-state index in [9.17, 15) is 4.79 Å². The highest BCUT2D eigenvalue weighted by Crippen LogP contribution is 2.28. The van der Waals surface area contributed by atoms with Crippen molar-refractivity contribution >= 4 is 27.5 Å². The Kier molecular flexibility index (Phi) is 3.97. The van der Waals surface area contributed by atoms with Crippen molar-refractivity contribution in [3.63, 3.8) is 0 Å². The number of thiazole rings is 1. The van der Waals surface area contributed by atoms with Gasteiger partial charge in [-0.15, -0.1) is 11.3 Å². The SMILES string of the molecule is CC(C)c1nc2ccc(CCCC(=O)O)cc2s1. The number of hydrogen-bond acceptors (Lipinski definition) is 3. The number of benzene rings is 1. The number of aromatic nitrogens is 1. The first-order valence-electron chi connectivity index (χ1n) is 6.17. The Bertz CT molecular complexity index is 560. The largest absolute Gasteiger partial charge is 0.481 e. The molecule has 1 aromatic carbocycles. The van der Waals surface area contributed by atoms with Gasteiger partial charge < -0.3 is 5.11 Å². The van der Waals surface area contributed by atoms with Crippen LogP contribution in [0.1, 0.15) is 43.2 Å². The van der Waals surface area contributed by atoms with E-state index in [1.807, 2.05) is 12.1 Å². The number of carboxylic acid groups (broad SMARTS) is 1. The highest BCUT2D eigenvalue weighted by atomic mass is 32.1. The molecule has 2 rings (SSSR count). The predicted octanol–water partition coefficient (Wildman–Crippen LogP) is 3.83. The molecule has 0 amide bonds. The van der Waals surface area contributed by atoms with Crippen LogP contribution in [0.25, 0.3) is 10.2 Å². The van der Waals surface area contributed by atoms with Gasteiger partial charge in [0.1, 0.15) is 0 Å². The Morgan fingerprint density at radius 3 is 2.89 bits per heavy atom. The Labute approximate surface area is 110 Å². The van der Waals surface area contributed by atoms with E-state index in [0.29, 0.717) is 12.3 Å². The molecule has 2 aromatic rings. The second-order valence-electron chi connectivity index (χ2n) is 4.76. The van der Waals surface area contributed by atoms with E-state index in [1.165, 1.54) is 10.3 Å². The fourth-order valence-electron chi connectivity index (χ4n) is 1.83. The summed E-state index contributed by atoms with van der Waals surface area (Å²) in [6.07, 6.45) is 1.74. The Morgan fingerprint density at radius 2 is 2.22 bits per heavy atom.